The Morgan fingerprint density at radius 3 is 2.35 bits per heavy atom. The molecule has 1 spiro atoms. The molecule has 1 amide bonds. The van der Waals surface area contributed by atoms with Gasteiger partial charge in [0, 0.05) is 31.7 Å². The summed E-state index contributed by atoms with van der Waals surface area (Å²) in [6.07, 6.45) is -3.28. The maximum Gasteiger partial charge on any atom is 0.416 e. The third-order valence-corrected chi connectivity index (χ3v) is 5.42. The number of hydrogen-bond acceptors (Lipinski definition) is 3. The minimum Gasteiger partial charge on any atom is -0.481 e. The highest BCUT2D eigenvalue weighted by atomic mass is 19.4. The Morgan fingerprint density at radius 1 is 1.19 bits per heavy atom. The van der Waals surface area contributed by atoms with E-state index in [4.69, 9.17) is 4.74 Å². The average molecular weight is 371 g/mol. The number of carbonyl (C=O) groups excluding carboxylic acids is 1. The van der Waals surface area contributed by atoms with Gasteiger partial charge in [0.2, 0.25) is 5.91 Å². The van der Waals surface area contributed by atoms with E-state index in [1.54, 1.807) is 0 Å². The molecule has 0 aliphatic carbocycles. The Balaban J connectivity index is 1.69. The van der Waals surface area contributed by atoms with Gasteiger partial charge in [-0.3, -0.25) is 9.59 Å². The first-order valence-corrected chi connectivity index (χ1v) is 8.46. The minimum atomic E-state index is -4.42. The highest BCUT2D eigenvalue weighted by Gasteiger charge is 2.51. The van der Waals surface area contributed by atoms with Crippen molar-refractivity contribution in [2.24, 2.45) is 11.3 Å². The number of ether oxygens (including phenoxy) is 1. The lowest BCUT2D eigenvalue weighted by Gasteiger charge is -2.36. The molecule has 1 N–H and O–H groups in total. The molecule has 5 nitrogen and oxygen atoms in total. The van der Waals surface area contributed by atoms with E-state index in [2.05, 4.69) is 0 Å². The Kier molecular flexibility index (Phi) is 4.96. The van der Waals surface area contributed by atoms with E-state index in [0.29, 0.717) is 38.2 Å². The number of hydrogen-bond donors (Lipinski definition) is 1. The van der Waals surface area contributed by atoms with Crippen LogP contribution in [0.2, 0.25) is 0 Å². The molecule has 1 aromatic rings. The van der Waals surface area contributed by atoms with Crippen molar-refractivity contribution in [3.63, 3.8) is 0 Å². The first-order valence-electron chi connectivity index (χ1n) is 8.46. The molecule has 1 atom stereocenters. The van der Waals surface area contributed by atoms with Crippen LogP contribution in [0.15, 0.2) is 24.3 Å². The fraction of sp³-hybridized carbons (Fsp3) is 0.556. The first-order chi connectivity index (χ1) is 12.2. The number of alkyl halides is 3. The molecule has 2 heterocycles. The smallest absolute Gasteiger partial charge is 0.416 e. The molecule has 3 rings (SSSR count). The molecule has 142 valence electrons. The summed E-state index contributed by atoms with van der Waals surface area (Å²) in [6.45, 7) is 1.44. The zero-order chi connectivity index (χ0) is 18.9. The Labute approximate surface area is 148 Å². The van der Waals surface area contributed by atoms with Gasteiger partial charge in [-0.2, -0.15) is 13.2 Å². The van der Waals surface area contributed by atoms with Crippen molar-refractivity contribution in [1.82, 2.24) is 4.90 Å². The van der Waals surface area contributed by atoms with Crippen LogP contribution in [0.25, 0.3) is 0 Å². The quantitative estimate of drug-likeness (QED) is 0.887. The van der Waals surface area contributed by atoms with Gasteiger partial charge in [0.05, 0.1) is 17.9 Å². The number of likely N-dealkylation sites (tertiary alicyclic amines) is 1. The van der Waals surface area contributed by atoms with Crippen LogP contribution >= 0.6 is 0 Å². The number of carboxylic acids is 1. The lowest BCUT2D eigenvalue weighted by molar-refractivity contribution is -0.147. The third kappa shape index (κ3) is 3.70. The van der Waals surface area contributed by atoms with Gasteiger partial charge in [0.15, 0.2) is 0 Å². The second kappa shape index (κ2) is 6.90. The largest absolute Gasteiger partial charge is 0.481 e. The van der Waals surface area contributed by atoms with E-state index in [0.717, 1.165) is 12.1 Å². The molecule has 0 saturated carbocycles. The summed E-state index contributed by atoms with van der Waals surface area (Å²) in [6, 6.07) is 4.48. The maximum atomic E-state index is 12.6. The maximum absolute atomic E-state index is 12.6. The number of carbonyl (C=O) groups is 2. The van der Waals surface area contributed by atoms with E-state index in [1.807, 2.05) is 0 Å². The van der Waals surface area contributed by atoms with Crippen LogP contribution in [0.1, 0.15) is 24.0 Å². The summed E-state index contributed by atoms with van der Waals surface area (Å²) in [5, 5.41) is 9.54. The topological polar surface area (TPSA) is 66.8 Å². The van der Waals surface area contributed by atoms with Gasteiger partial charge in [0.1, 0.15) is 0 Å². The Hall–Kier alpha value is -2.09. The summed E-state index contributed by atoms with van der Waals surface area (Å²) >= 11 is 0. The molecule has 0 aromatic heterocycles. The SMILES string of the molecule is O=C(O)C1CN(C(=O)Cc2ccc(C(F)(F)F)cc2)CC12CCOCC2. The van der Waals surface area contributed by atoms with Crippen LogP contribution in [0.4, 0.5) is 13.2 Å². The van der Waals surface area contributed by atoms with Crippen LogP contribution in [0.3, 0.4) is 0 Å². The van der Waals surface area contributed by atoms with Gasteiger partial charge < -0.3 is 14.7 Å². The summed E-state index contributed by atoms with van der Waals surface area (Å²) in [4.78, 5) is 25.7. The number of aliphatic carboxylic acids is 1. The van der Waals surface area contributed by atoms with Crippen molar-refractivity contribution >= 4 is 11.9 Å². The molecular weight excluding hydrogens is 351 g/mol. The van der Waals surface area contributed by atoms with Crippen molar-refractivity contribution in [1.29, 1.82) is 0 Å². The molecule has 2 saturated heterocycles. The van der Waals surface area contributed by atoms with Crippen LogP contribution in [0, 0.1) is 11.3 Å². The van der Waals surface area contributed by atoms with E-state index in [1.165, 1.54) is 17.0 Å². The van der Waals surface area contributed by atoms with Crippen molar-refractivity contribution < 1.29 is 32.6 Å². The standard InChI is InChI=1S/C18H20F3NO4/c19-18(20,21)13-3-1-12(2-4-13)9-15(23)22-10-14(16(24)25)17(11-22)5-7-26-8-6-17/h1-4,14H,5-11H2,(H,24,25). The van der Waals surface area contributed by atoms with Gasteiger partial charge in [-0.05, 0) is 30.5 Å². The van der Waals surface area contributed by atoms with Gasteiger partial charge in [-0.15, -0.1) is 0 Å². The Morgan fingerprint density at radius 2 is 1.81 bits per heavy atom. The van der Waals surface area contributed by atoms with Crippen molar-refractivity contribution in [2.75, 3.05) is 26.3 Å². The molecule has 8 heteroatoms. The predicted molar refractivity (Wildman–Crippen MR) is 85.3 cm³/mol. The number of amides is 1. The van der Waals surface area contributed by atoms with Crippen LogP contribution in [-0.4, -0.2) is 48.2 Å². The minimum absolute atomic E-state index is 0.0446. The van der Waals surface area contributed by atoms with E-state index in [-0.39, 0.29) is 18.9 Å². The molecule has 2 fully saturated rings. The third-order valence-electron chi connectivity index (χ3n) is 5.42. The van der Waals surface area contributed by atoms with Gasteiger partial charge >= 0.3 is 12.1 Å². The number of carboxylic acid groups (broad SMARTS) is 1. The molecule has 2 aliphatic rings. The molecule has 1 aromatic carbocycles. The highest BCUT2D eigenvalue weighted by molar-refractivity contribution is 5.81. The summed E-state index contributed by atoms with van der Waals surface area (Å²) in [5.41, 5.74) is -0.760. The molecule has 1 unspecified atom stereocenters. The summed E-state index contributed by atoms with van der Waals surface area (Å²) in [7, 11) is 0. The monoisotopic (exact) mass is 371 g/mol. The van der Waals surface area contributed by atoms with Gasteiger partial charge in [0.25, 0.3) is 0 Å². The van der Waals surface area contributed by atoms with E-state index < -0.39 is 29.0 Å². The fourth-order valence-electron chi connectivity index (χ4n) is 3.88. The van der Waals surface area contributed by atoms with Gasteiger partial charge in [-0.1, -0.05) is 12.1 Å². The molecule has 2 aliphatic heterocycles. The second-order valence-corrected chi connectivity index (χ2v) is 7.01. The highest BCUT2D eigenvalue weighted by Crippen LogP contribution is 2.44. The van der Waals surface area contributed by atoms with Gasteiger partial charge in [-0.25, -0.2) is 0 Å². The molecule has 0 radical (unpaired) electrons. The summed E-state index contributed by atoms with van der Waals surface area (Å²) < 4.78 is 43.1. The van der Waals surface area contributed by atoms with Crippen molar-refractivity contribution in [3.8, 4) is 0 Å². The molecule has 0 bridgehead atoms. The van der Waals surface area contributed by atoms with Crippen LogP contribution in [-0.2, 0) is 26.9 Å². The molecule has 26 heavy (non-hydrogen) atoms. The van der Waals surface area contributed by atoms with Crippen LogP contribution in [0.5, 0.6) is 0 Å². The second-order valence-electron chi connectivity index (χ2n) is 7.01. The molecular formula is C18H20F3NO4. The van der Waals surface area contributed by atoms with E-state index >= 15 is 0 Å². The predicted octanol–water partition coefficient (Wildman–Crippen LogP) is 2.59. The average Bonchev–Trinajstić information content (AvgIpc) is 2.94. The lowest BCUT2D eigenvalue weighted by Crippen LogP contribution is -2.40. The number of halogens is 3. The number of nitrogens with zero attached hydrogens (tertiary/aromatic N) is 1. The summed E-state index contributed by atoms with van der Waals surface area (Å²) in [5.74, 6) is -1.82. The normalized spacial score (nSPS) is 22.6. The number of benzene rings is 1. The van der Waals surface area contributed by atoms with Crippen molar-refractivity contribution in [3.05, 3.63) is 35.4 Å². The zero-order valence-electron chi connectivity index (χ0n) is 14.1. The fourth-order valence-corrected chi connectivity index (χ4v) is 3.88. The number of rotatable bonds is 3. The zero-order valence-corrected chi connectivity index (χ0v) is 14.1. The van der Waals surface area contributed by atoms with E-state index in [9.17, 15) is 27.9 Å². The van der Waals surface area contributed by atoms with Crippen LogP contribution < -0.4 is 0 Å². The van der Waals surface area contributed by atoms with Crippen molar-refractivity contribution in [2.45, 2.75) is 25.4 Å². The Bertz CT molecular complexity index is 681. The first kappa shape index (κ1) is 18.7. The lowest BCUT2D eigenvalue weighted by atomic mass is 9.72.